The van der Waals surface area contributed by atoms with E-state index in [1.807, 2.05) is 18.2 Å². The first-order chi connectivity index (χ1) is 12.1. The van der Waals surface area contributed by atoms with E-state index in [9.17, 15) is 9.59 Å². The van der Waals surface area contributed by atoms with Crippen molar-refractivity contribution in [3.8, 4) is 0 Å². The van der Waals surface area contributed by atoms with Crippen molar-refractivity contribution in [2.24, 2.45) is 0 Å². The first-order valence-electron chi connectivity index (χ1n) is 8.07. The Morgan fingerprint density at radius 1 is 1.16 bits per heavy atom. The minimum Gasteiger partial charge on any atom is -0.456 e. The number of rotatable bonds is 3. The molecule has 0 N–H and O–H groups in total. The summed E-state index contributed by atoms with van der Waals surface area (Å²) >= 11 is 3.33. The van der Waals surface area contributed by atoms with Crippen LogP contribution in [-0.2, 0) is 24.2 Å². The molecule has 1 aliphatic carbocycles. The number of hydrogen-bond donors (Lipinski definition) is 0. The first kappa shape index (κ1) is 16.0. The Morgan fingerprint density at radius 2 is 2.00 bits per heavy atom. The van der Waals surface area contributed by atoms with Crippen molar-refractivity contribution in [1.29, 1.82) is 0 Å². The number of aromatic nitrogens is 2. The molecule has 0 saturated carbocycles. The Kier molecular flexibility index (Phi) is 4.13. The average molecular weight is 399 g/mol. The van der Waals surface area contributed by atoms with E-state index >= 15 is 0 Å². The van der Waals surface area contributed by atoms with E-state index in [2.05, 4.69) is 20.9 Å². The van der Waals surface area contributed by atoms with Crippen molar-refractivity contribution >= 4 is 27.5 Å². The summed E-state index contributed by atoms with van der Waals surface area (Å²) in [7, 11) is 0. The molecular weight excluding hydrogens is 384 g/mol. The fourth-order valence-electron chi connectivity index (χ4n) is 3.12. The van der Waals surface area contributed by atoms with Crippen LogP contribution in [0, 0.1) is 0 Å². The molecule has 126 valence electrons. The van der Waals surface area contributed by atoms with Crippen LogP contribution in [0.25, 0.3) is 5.65 Å². The van der Waals surface area contributed by atoms with Gasteiger partial charge in [-0.2, -0.15) is 0 Å². The predicted molar refractivity (Wildman–Crippen MR) is 96.7 cm³/mol. The highest BCUT2D eigenvalue weighted by Crippen LogP contribution is 2.23. The van der Waals surface area contributed by atoms with Gasteiger partial charge in [0.2, 0.25) is 0 Å². The van der Waals surface area contributed by atoms with E-state index in [0.717, 1.165) is 23.7 Å². The molecule has 1 aromatic carbocycles. The normalized spacial score (nSPS) is 13.0. The maximum atomic E-state index is 12.3. The topological polar surface area (TPSA) is 60.7 Å². The van der Waals surface area contributed by atoms with Crippen molar-refractivity contribution in [1.82, 2.24) is 9.38 Å². The summed E-state index contributed by atoms with van der Waals surface area (Å²) in [6.07, 6.45) is 4.88. The summed E-state index contributed by atoms with van der Waals surface area (Å²) in [5, 5.41) is 0. The first-order valence-corrected chi connectivity index (χ1v) is 8.86. The monoisotopic (exact) mass is 398 g/mol. The van der Waals surface area contributed by atoms with Gasteiger partial charge in [-0.25, -0.2) is 9.78 Å². The maximum Gasteiger partial charge on any atom is 0.338 e. The Labute approximate surface area is 152 Å². The van der Waals surface area contributed by atoms with Crippen LogP contribution in [0.1, 0.15) is 33.6 Å². The Bertz CT molecular complexity index is 1040. The highest BCUT2D eigenvalue weighted by molar-refractivity contribution is 9.10. The molecule has 0 bridgehead atoms. The number of benzene rings is 1. The summed E-state index contributed by atoms with van der Waals surface area (Å²) in [5.74, 6) is -0.396. The number of aryl methyl sites for hydroxylation is 2. The quantitative estimate of drug-likeness (QED) is 0.635. The van der Waals surface area contributed by atoms with Crippen molar-refractivity contribution in [3.63, 3.8) is 0 Å². The van der Waals surface area contributed by atoms with Crippen molar-refractivity contribution < 1.29 is 9.53 Å². The summed E-state index contributed by atoms with van der Waals surface area (Å²) in [6.45, 7) is -0.0300. The standard InChI is InChI=1S/C19H15BrN2O3/c20-15-6-7-17-21-16(9-18(23)22(17)10-15)11-25-19(24)14-5-4-12-2-1-3-13(12)8-14/h4-10H,1-3,11H2. The fraction of sp³-hybridized carbons (Fsp3) is 0.211. The summed E-state index contributed by atoms with van der Waals surface area (Å²) in [6, 6.07) is 10.6. The summed E-state index contributed by atoms with van der Waals surface area (Å²) in [4.78, 5) is 28.8. The zero-order valence-electron chi connectivity index (χ0n) is 13.4. The number of fused-ring (bicyclic) bond motifs is 2. The molecule has 4 rings (SSSR count). The third-order valence-electron chi connectivity index (χ3n) is 4.36. The molecule has 3 aromatic rings. The van der Waals surface area contributed by atoms with Crippen molar-refractivity contribution in [2.75, 3.05) is 0 Å². The van der Waals surface area contributed by atoms with Crippen LogP contribution in [0.2, 0.25) is 0 Å². The second kappa shape index (κ2) is 6.44. The molecule has 0 radical (unpaired) electrons. The molecular formula is C19H15BrN2O3. The van der Waals surface area contributed by atoms with Gasteiger partial charge in [0.05, 0.1) is 11.3 Å². The lowest BCUT2D eigenvalue weighted by atomic mass is 10.1. The molecule has 2 aromatic heterocycles. The lowest BCUT2D eigenvalue weighted by Gasteiger charge is -2.07. The molecule has 25 heavy (non-hydrogen) atoms. The SMILES string of the molecule is O=C(OCc1cc(=O)n2cc(Br)ccc2n1)c1ccc2c(c1)CCC2. The van der Waals surface area contributed by atoms with Gasteiger partial charge in [-0.05, 0) is 70.6 Å². The van der Waals surface area contributed by atoms with Gasteiger partial charge >= 0.3 is 5.97 Å². The van der Waals surface area contributed by atoms with E-state index in [-0.39, 0.29) is 12.2 Å². The van der Waals surface area contributed by atoms with Crippen LogP contribution in [0.15, 0.2) is 51.9 Å². The second-order valence-corrected chi connectivity index (χ2v) is 6.99. The van der Waals surface area contributed by atoms with Gasteiger partial charge < -0.3 is 4.74 Å². The number of esters is 1. The van der Waals surface area contributed by atoms with Gasteiger partial charge in [-0.3, -0.25) is 9.20 Å². The molecule has 0 atom stereocenters. The number of pyridine rings is 1. The van der Waals surface area contributed by atoms with Gasteiger partial charge in [0.1, 0.15) is 12.3 Å². The van der Waals surface area contributed by atoms with E-state index in [0.29, 0.717) is 16.9 Å². The number of nitrogens with zero attached hydrogens (tertiary/aromatic N) is 2. The molecule has 2 heterocycles. The van der Waals surface area contributed by atoms with Gasteiger partial charge in [0, 0.05) is 16.7 Å². The minimum absolute atomic E-state index is 0.0300. The number of halogens is 1. The highest BCUT2D eigenvalue weighted by Gasteiger charge is 2.15. The molecule has 0 amide bonds. The summed E-state index contributed by atoms with van der Waals surface area (Å²) in [5.41, 5.74) is 3.81. The molecule has 0 unspecified atom stereocenters. The average Bonchev–Trinajstić information content (AvgIpc) is 3.08. The van der Waals surface area contributed by atoms with E-state index < -0.39 is 5.97 Å². The third-order valence-corrected chi connectivity index (χ3v) is 4.83. The van der Waals surface area contributed by atoms with E-state index in [1.165, 1.54) is 21.6 Å². The van der Waals surface area contributed by atoms with Crippen molar-refractivity contribution in [2.45, 2.75) is 25.9 Å². The van der Waals surface area contributed by atoms with Crippen molar-refractivity contribution in [3.05, 3.63) is 79.8 Å². The van der Waals surface area contributed by atoms with Crippen LogP contribution < -0.4 is 5.56 Å². The Balaban J connectivity index is 1.53. The number of carbonyl (C=O) groups excluding carboxylic acids is 1. The van der Waals surface area contributed by atoms with Crippen LogP contribution in [0.5, 0.6) is 0 Å². The zero-order chi connectivity index (χ0) is 17.4. The van der Waals surface area contributed by atoms with Gasteiger partial charge in [0.25, 0.3) is 5.56 Å². The molecule has 5 nitrogen and oxygen atoms in total. The van der Waals surface area contributed by atoms with E-state index in [1.54, 1.807) is 18.3 Å². The van der Waals surface area contributed by atoms with E-state index in [4.69, 9.17) is 4.74 Å². The predicted octanol–water partition coefficient (Wildman–Crippen LogP) is 3.30. The third kappa shape index (κ3) is 3.22. The Hall–Kier alpha value is -2.47. The minimum atomic E-state index is -0.396. The van der Waals surface area contributed by atoms with Crippen LogP contribution in [0.3, 0.4) is 0 Å². The number of hydrogen-bond acceptors (Lipinski definition) is 4. The fourth-order valence-corrected chi connectivity index (χ4v) is 3.46. The lowest BCUT2D eigenvalue weighted by Crippen LogP contribution is -2.16. The maximum absolute atomic E-state index is 12.3. The largest absolute Gasteiger partial charge is 0.456 e. The lowest BCUT2D eigenvalue weighted by molar-refractivity contribution is 0.0467. The van der Waals surface area contributed by atoms with Gasteiger partial charge in [-0.15, -0.1) is 0 Å². The molecule has 0 aliphatic heterocycles. The summed E-state index contributed by atoms with van der Waals surface area (Å²) < 4.78 is 7.57. The highest BCUT2D eigenvalue weighted by atomic mass is 79.9. The molecule has 6 heteroatoms. The van der Waals surface area contributed by atoms with Crippen LogP contribution in [-0.4, -0.2) is 15.4 Å². The molecule has 0 spiro atoms. The second-order valence-electron chi connectivity index (χ2n) is 6.07. The van der Waals surface area contributed by atoms with Crippen LogP contribution >= 0.6 is 15.9 Å². The molecule has 0 saturated heterocycles. The van der Waals surface area contributed by atoms with Gasteiger partial charge in [-0.1, -0.05) is 6.07 Å². The molecule has 0 fully saturated rings. The zero-order valence-corrected chi connectivity index (χ0v) is 15.0. The Morgan fingerprint density at radius 3 is 2.88 bits per heavy atom. The number of ether oxygens (including phenoxy) is 1. The van der Waals surface area contributed by atoms with Crippen LogP contribution in [0.4, 0.5) is 0 Å². The number of carbonyl (C=O) groups is 1. The molecule has 1 aliphatic rings. The smallest absolute Gasteiger partial charge is 0.338 e. The van der Waals surface area contributed by atoms with Gasteiger partial charge in [0.15, 0.2) is 0 Å².